The average Bonchev–Trinajstić information content (AvgIpc) is 1.98. The van der Waals surface area contributed by atoms with Gasteiger partial charge in [-0.05, 0) is 6.92 Å². The Hall–Kier alpha value is -0.710. The molecule has 1 rings (SSSR count). The van der Waals surface area contributed by atoms with Gasteiger partial charge in [0.25, 0.3) is 0 Å². The second kappa shape index (κ2) is 2.90. The predicted molar refractivity (Wildman–Crippen MR) is 40.7 cm³/mol. The summed E-state index contributed by atoms with van der Waals surface area (Å²) in [4.78, 5) is 10.7. The van der Waals surface area contributed by atoms with Crippen molar-refractivity contribution in [2.45, 2.75) is 31.3 Å². The zero-order valence-corrected chi connectivity index (χ0v) is 7.51. The molecular formula is C8H12F2O3. The van der Waals surface area contributed by atoms with Crippen LogP contribution in [-0.2, 0) is 9.53 Å². The third-order valence-corrected chi connectivity index (χ3v) is 2.72. The van der Waals surface area contributed by atoms with E-state index in [0.29, 0.717) is 0 Å². The summed E-state index contributed by atoms with van der Waals surface area (Å²) in [7, 11) is 1.23. The summed E-state index contributed by atoms with van der Waals surface area (Å²) >= 11 is 0. The molecule has 1 unspecified atom stereocenters. The van der Waals surface area contributed by atoms with Crippen molar-refractivity contribution >= 4 is 5.97 Å². The molecule has 0 aromatic carbocycles. The molecule has 1 saturated carbocycles. The summed E-state index contributed by atoms with van der Waals surface area (Å²) < 4.78 is 29.7. The van der Waals surface area contributed by atoms with Crippen LogP contribution in [0.5, 0.6) is 0 Å². The lowest BCUT2D eigenvalue weighted by atomic mass is 9.71. The monoisotopic (exact) mass is 194 g/mol. The Morgan fingerprint density at radius 2 is 2.08 bits per heavy atom. The molecule has 1 N–H and O–H groups in total. The Bertz CT molecular complexity index is 221. The van der Waals surface area contributed by atoms with Crippen molar-refractivity contribution in [1.82, 2.24) is 0 Å². The van der Waals surface area contributed by atoms with Gasteiger partial charge in [-0.2, -0.15) is 0 Å². The topological polar surface area (TPSA) is 46.5 Å². The molecule has 5 heteroatoms. The molecule has 1 aliphatic rings. The number of methoxy groups -OCH3 is 1. The highest BCUT2D eigenvalue weighted by molar-refractivity contribution is 5.77. The first-order valence-electron chi connectivity index (χ1n) is 3.98. The van der Waals surface area contributed by atoms with Gasteiger partial charge in [0, 0.05) is 25.9 Å². The minimum absolute atomic E-state index is 0.399. The van der Waals surface area contributed by atoms with Crippen LogP contribution in [0.3, 0.4) is 0 Å². The summed E-state index contributed by atoms with van der Waals surface area (Å²) in [5.41, 5.74) is -1.47. The number of alkyl halides is 2. The number of halogens is 2. The summed E-state index contributed by atoms with van der Waals surface area (Å²) in [5.74, 6) is -4.49. The van der Waals surface area contributed by atoms with Crippen molar-refractivity contribution < 1.29 is 23.4 Å². The van der Waals surface area contributed by atoms with Crippen LogP contribution >= 0.6 is 0 Å². The lowest BCUT2D eigenvalue weighted by molar-refractivity contribution is -0.200. The van der Waals surface area contributed by atoms with Gasteiger partial charge in [-0.3, -0.25) is 0 Å². The number of hydrogen-bond acceptors (Lipinski definition) is 2. The zero-order chi connectivity index (χ0) is 10.3. The number of rotatable bonds is 3. The molecule has 0 aromatic heterocycles. The maximum atomic E-state index is 12.5. The van der Waals surface area contributed by atoms with Crippen LogP contribution < -0.4 is 0 Å². The quantitative estimate of drug-likeness (QED) is 0.740. The van der Waals surface area contributed by atoms with Crippen LogP contribution in [0.2, 0.25) is 0 Å². The van der Waals surface area contributed by atoms with Crippen molar-refractivity contribution in [3.63, 3.8) is 0 Å². The Morgan fingerprint density at radius 1 is 1.62 bits per heavy atom. The van der Waals surface area contributed by atoms with Gasteiger partial charge in [0.15, 0.2) is 5.60 Å². The lowest BCUT2D eigenvalue weighted by Crippen LogP contribution is -2.54. The predicted octanol–water partition coefficient (Wildman–Crippen LogP) is 1.52. The van der Waals surface area contributed by atoms with Crippen molar-refractivity contribution in [3.05, 3.63) is 0 Å². The van der Waals surface area contributed by atoms with E-state index in [4.69, 9.17) is 9.84 Å². The maximum Gasteiger partial charge on any atom is 0.335 e. The first-order valence-corrected chi connectivity index (χ1v) is 3.98. The Balaban J connectivity index is 2.66. The second-order valence-electron chi connectivity index (χ2n) is 3.58. The van der Waals surface area contributed by atoms with E-state index in [1.807, 2.05) is 0 Å². The number of carboxylic acid groups (broad SMARTS) is 1. The molecule has 0 radical (unpaired) electrons. The normalized spacial score (nSPS) is 26.2. The van der Waals surface area contributed by atoms with Gasteiger partial charge in [0.1, 0.15) is 0 Å². The molecule has 0 spiro atoms. The molecule has 0 aliphatic heterocycles. The highest BCUT2D eigenvalue weighted by Crippen LogP contribution is 2.48. The van der Waals surface area contributed by atoms with E-state index < -0.39 is 36.3 Å². The van der Waals surface area contributed by atoms with Crippen molar-refractivity contribution in [3.8, 4) is 0 Å². The molecule has 0 bridgehead atoms. The fourth-order valence-corrected chi connectivity index (χ4v) is 1.48. The number of carboxylic acids is 1. The fraction of sp³-hybridized carbons (Fsp3) is 0.875. The first-order chi connectivity index (χ1) is 5.82. The van der Waals surface area contributed by atoms with Gasteiger partial charge in [0.2, 0.25) is 5.92 Å². The van der Waals surface area contributed by atoms with Crippen LogP contribution in [0.4, 0.5) is 8.78 Å². The molecule has 1 aliphatic carbocycles. The molecule has 3 nitrogen and oxygen atoms in total. The summed E-state index contributed by atoms with van der Waals surface area (Å²) in [6, 6.07) is 0. The second-order valence-corrected chi connectivity index (χ2v) is 3.58. The molecular weight excluding hydrogens is 182 g/mol. The zero-order valence-electron chi connectivity index (χ0n) is 7.51. The highest BCUT2D eigenvalue weighted by Gasteiger charge is 2.56. The summed E-state index contributed by atoms with van der Waals surface area (Å²) in [6.07, 6.45) is -0.798. The Labute approximate surface area is 74.7 Å². The van der Waals surface area contributed by atoms with Crippen LogP contribution in [-0.4, -0.2) is 29.7 Å². The van der Waals surface area contributed by atoms with E-state index in [0.717, 1.165) is 0 Å². The molecule has 1 fully saturated rings. The third-order valence-electron chi connectivity index (χ3n) is 2.72. The van der Waals surface area contributed by atoms with Gasteiger partial charge in [-0.1, -0.05) is 0 Å². The van der Waals surface area contributed by atoms with Gasteiger partial charge < -0.3 is 9.84 Å². The Morgan fingerprint density at radius 3 is 2.31 bits per heavy atom. The largest absolute Gasteiger partial charge is 0.479 e. The molecule has 0 amide bonds. The number of carbonyl (C=O) groups is 1. The van der Waals surface area contributed by atoms with E-state index in [1.165, 1.54) is 14.0 Å². The summed E-state index contributed by atoms with van der Waals surface area (Å²) in [6.45, 7) is 1.33. The Kier molecular flexibility index (Phi) is 2.32. The SMILES string of the molecule is COC(C)(C(=O)O)C1CC(F)(F)C1. The van der Waals surface area contributed by atoms with Crippen molar-refractivity contribution in [1.29, 1.82) is 0 Å². The lowest BCUT2D eigenvalue weighted by Gasteiger charge is -2.43. The van der Waals surface area contributed by atoms with Crippen LogP contribution in [0, 0.1) is 5.92 Å². The highest BCUT2D eigenvalue weighted by atomic mass is 19.3. The minimum atomic E-state index is -2.71. The maximum absolute atomic E-state index is 12.5. The van der Waals surface area contributed by atoms with Crippen molar-refractivity contribution in [2.24, 2.45) is 5.92 Å². The number of hydrogen-bond donors (Lipinski definition) is 1. The van der Waals surface area contributed by atoms with E-state index in [2.05, 4.69) is 0 Å². The molecule has 0 heterocycles. The van der Waals surface area contributed by atoms with Crippen LogP contribution in [0.25, 0.3) is 0 Å². The van der Waals surface area contributed by atoms with Gasteiger partial charge in [-0.25, -0.2) is 13.6 Å². The molecule has 0 saturated heterocycles. The first kappa shape index (κ1) is 10.4. The van der Waals surface area contributed by atoms with E-state index >= 15 is 0 Å². The molecule has 76 valence electrons. The van der Waals surface area contributed by atoms with E-state index in [-0.39, 0.29) is 0 Å². The number of aliphatic carboxylic acids is 1. The summed E-state index contributed by atoms with van der Waals surface area (Å²) in [5, 5.41) is 8.77. The molecule has 0 aromatic rings. The van der Waals surface area contributed by atoms with E-state index in [9.17, 15) is 13.6 Å². The number of ether oxygens (including phenoxy) is 1. The minimum Gasteiger partial charge on any atom is -0.479 e. The van der Waals surface area contributed by atoms with Crippen LogP contribution in [0.15, 0.2) is 0 Å². The average molecular weight is 194 g/mol. The fourth-order valence-electron chi connectivity index (χ4n) is 1.48. The van der Waals surface area contributed by atoms with Gasteiger partial charge in [0.05, 0.1) is 0 Å². The smallest absolute Gasteiger partial charge is 0.335 e. The van der Waals surface area contributed by atoms with Crippen molar-refractivity contribution in [2.75, 3.05) is 7.11 Å². The van der Waals surface area contributed by atoms with E-state index in [1.54, 1.807) is 0 Å². The molecule has 1 atom stereocenters. The molecule has 13 heavy (non-hydrogen) atoms. The van der Waals surface area contributed by atoms with Crippen LogP contribution in [0.1, 0.15) is 19.8 Å². The van der Waals surface area contributed by atoms with Gasteiger partial charge in [-0.15, -0.1) is 0 Å². The standard InChI is InChI=1S/C8H12F2O3/c1-7(13-2,6(11)12)5-3-8(9,10)4-5/h5H,3-4H2,1-2H3,(H,11,12). The third kappa shape index (κ3) is 1.65. The van der Waals surface area contributed by atoms with Gasteiger partial charge >= 0.3 is 5.97 Å².